The monoisotopic (exact) mass is 275 g/mol. The molecule has 0 fully saturated rings. The van der Waals surface area contributed by atoms with Crippen molar-refractivity contribution in [3.8, 4) is 16.9 Å². The van der Waals surface area contributed by atoms with Crippen molar-refractivity contribution in [2.45, 2.75) is 26.4 Å². The number of amides is 1. The number of hydrogen-bond acceptors (Lipinski definition) is 4. The second-order valence-corrected chi connectivity index (χ2v) is 5.35. The lowest BCUT2D eigenvalue weighted by Crippen LogP contribution is -2.27. The van der Waals surface area contributed by atoms with Crippen LogP contribution in [0.1, 0.15) is 20.8 Å². The number of aromatic amines is 1. The quantitative estimate of drug-likeness (QED) is 0.735. The lowest BCUT2D eigenvalue weighted by Gasteiger charge is -2.20. The molecule has 0 unspecified atom stereocenters. The summed E-state index contributed by atoms with van der Waals surface area (Å²) in [6, 6.07) is 4.94. The van der Waals surface area contributed by atoms with E-state index in [9.17, 15) is 9.90 Å². The average molecular weight is 275 g/mol. The fraction of sp³-hybridized carbons (Fsp3) is 0.286. The van der Waals surface area contributed by atoms with Crippen LogP contribution in [0.2, 0.25) is 0 Å². The molecule has 6 nitrogen and oxygen atoms in total. The third-order valence-corrected chi connectivity index (χ3v) is 2.46. The van der Waals surface area contributed by atoms with Crippen molar-refractivity contribution < 1.29 is 14.6 Å². The van der Waals surface area contributed by atoms with Crippen molar-refractivity contribution in [3.63, 3.8) is 0 Å². The van der Waals surface area contributed by atoms with E-state index in [1.165, 1.54) is 0 Å². The van der Waals surface area contributed by atoms with Gasteiger partial charge in [-0.15, -0.1) is 0 Å². The van der Waals surface area contributed by atoms with Crippen molar-refractivity contribution in [2.75, 3.05) is 5.32 Å². The molecule has 0 aliphatic heterocycles. The Morgan fingerprint density at radius 1 is 1.35 bits per heavy atom. The fourth-order valence-corrected chi connectivity index (χ4v) is 1.64. The predicted molar refractivity (Wildman–Crippen MR) is 75.5 cm³/mol. The SMILES string of the molecule is CC(C)(C)OC(=O)Nc1ccc(-c2cn[nH]c2)cc1O. The molecule has 0 bridgehead atoms. The number of rotatable bonds is 2. The lowest BCUT2D eigenvalue weighted by atomic mass is 10.1. The summed E-state index contributed by atoms with van der Waals surface area (Å²) in [7, 11) is 0. The van der Waals surface area contributed by atoms with E-state index in [1.807, 2.05) is 0 Å². The zero-order valence-electron chi connectivity index (χ0n) is 11.6. The topological polar surface area (TPSA) is 87.2 Å². The summed E-state index contributed by atoms with van der Waals surface area (Å²) >= 11 is 0. The summed E-state index contributed by atoms with van der Waals surface area (Å²) in [5, 5.41) is 19.0. The van der Waals surface area contributed by atoms with Crippen LogP contribution in [0.15, 0.2) is 30.6 Å². The molecule has 0 aliphatic carbocycles. The van der Waals surface area contributed by atoms with E-state index >= 15 is 0 Å². The van der Waals surface area contributed by atoms with E-state index < -0.39 is 11.7 Å². The van der Waals surface area contributed by atoms with E-state index in [4.69, 9.17) is 4.74 Å². The summed E-state index contributed by atoms with van der Waals surface area (Å²) in [5.74, 6) is -0.0328. The van der Waals surface area contributed by atoms with Gasteiger partial charge in [0.25, 0.3) is 0 Å². The maximum atomic E-state index is 11.6. The summed E-state index contributed by atoms with van der Waals surface area (Å²) in [4.78, 5) is 11.6. The average Bonchev–Trinajstić information content (AvgIpc) is 2.82. The molecule has 6 heteroatoms. The van der Waals surface area contributed by atoms with E-state index in [1.54, 1.807) is 51.4 Å². The van der Waals surface area contributed by atoms with Gasteiger partial charge in [0.15, 0.2) is 0 Å². The highest BCUT2D eigenvalue weighted by molar-refractivity contribution is 5.87. The van der Waals surface area contributed by atoms with Gasteiger partial charge in [-0.1, -0.05) is 6.07 Å². The minimum absolute atomic E-state index is 0.0328. The Balaban J connectivity index is 2.13. The number of ether oxygens (including phenoxy) is 1. The van der Waals surface area contributed by atoms with Gasteiger partial charge in [0.2, 0.25) is 0 Å². The zero-order valence-corrected chi connectivity index (χ0v) is 11.6. The first-order valence-electron chi connectivity index (χ1n) is 6.17. The Kier molecular flexibility index (Phi) is 3.65. The van der Waals surface area contributed by atoms with Crippen molar-refractivity contribution in [1.82, 2.24) is 10.2 Å². The van der Waals surface area contributed by atoms with Gasteiger partial charge in [0, 0.05) is 11.8 Å². The van der Waals surface area contributed by atoms with Crippen molar-refractivity contribution >= 4 is 11.8 Å². The molecule has 2 rings (SSSR count). The number of anilines is 1. The van der Waals surface area contributed by atoms with Crippen LogP contribution in [-0.4, -0.2) is 27.0 Å². The minimum atomic E-state index is -0.608. The highest BCUT2D eigenvalue weighted by atomic mass is 16.6. The first-order chi connectivity index (χ1) is 9.35. The molecule has 20 heavy (non-hydrogen) atoms. The van der Waals surface area contributed by atoms with Gasteiger partial charge in [-0.3, -0.25) is 10.4 Å². The maximum absolute atomic E-state index is 11.6. The highest BCUT2D eigenvalue weighted by Crippen LogP contribution is 2.29. The van der Waals surface area contributed by atoms with E-state index in [0.717, 1.165) is 11.1 Å². The van der Waals surface area contributed by atoms with Gasteiger partial charge in [0.1, 0.15) is 11.4 Å². The first-order valence-corrected chi connectivity index (χ1v) is 6.17. The summed E-state index contributed by atoms with van der Waals surface area (Å²) in [5.41, 5.74) is 1.36. The van der Waals surface area contributed by atoms with E-state index in [0.29, 0.717) is 5.69 Å². The molecule has 0 aliphatic rings. The van der Waals surface area contributed by atoms with Crippen LogP contribution < -0.4 is 5.32 Å². The maximum Gasteiger partial charge on any atom is 0.412 e. The minimum Gasteiger partial charge on any atom is -0.506 e. The summed E-state index contributed by atoms with van der Waals surface area (Å²) in [6.45, 7) is 5.32. The van der Waals surface area contributed by atoms with Crippen molar-refractivity contribution in [1.29, 1.82) is 0 Å². The Labute approximate surface area is 116 Å². The molecular weight excluding hydrogens is 258 g/mol. The molecule has 0 saturated carbocycles. The Hall–Kier alpha value is -2.50. The lowest BCUT2D eigenvalue weighted by molar-refractivity contribution is 0.0635. The molecule has 1 heterocycles. The number of aromatic nitrogens is 2. The number of nitrogens with one attached hydrogen (secondary N) is 2. The highest BCUT2D eigenvalue weighted by Gasteiger charge is 2.17. The van der Waals surface area contributed by atoms with Crippen LogP contribution in [0.3, 0.4) is 0 Å². The molecular formula is C14H17N3O3. The molecule has 1 aromatic heterocycles. The van der Waals surface area contributed by atoms with E-state index in [-0.39, 0.29) is 5.75 Å². The first kappa shape index (κ1) is 13.9. The molecule has 0 saturated heterocycles. The number of nitrogens with zero attached hydrogens (tertiary/aromatic N) is 1. The second kappa shape index (κ2) is 5.24. The number of phenols is 1. The molecule has 2 aromatic rings. The third-order valence-electron chi connectivity index (χ3n) is 2.46. The third kappa shape index (κ3) is 3.50. The van der Waals surface area contributed by atoms with Crippen LogP contribution >= 0.6 is 0 Å². The van der Waals surface area contributed by atoms with Crippen LogP contribution in [0.5, 0.6) is 5.75 Å². The van der Waals surface area contributed by atoms with Crippen LogP contribution in [0.4, 0.5) is 10.5 Å². The van der Waals surface area contributed by atoms with Gasteiger partial charge in [-0.2, -0.15) is 5.10 Å². The van der Waals surface area contributed by atoms with Crippen LogP contribution in [0.25, 0.3) is 11.1 Å². The van der Waals surface area contributed by atoms with Gasteiger partial charge in [-0.05, 0) is 38.5 Å². The normalized spacial score (nSPS) is 11.2. The molecule has 0 atom stereocenters. The fourth-order valence-electron chi connectivity index (χ4n) is 1.64. The molecule has 106 valence electrons. The van der Waals surface area contributed by atoms with Crippen LogP contribution in [0, 0.1) is 0 Å². The molecule has 0 radical (unpaired) electrons. The Morgan fingerprint density at radius 2 is 2.10 bits per heavy atom. The zero-order chi connectivity index (χ0) is 14.8. The number of phenolic OH excluding ortho intramolecular Hbond substituents is 1. The number of aromatic hydroxyl groups is 1. The Bertz CT molecular complexity index is 601. The number of carbonyl (C=O) groups is 1. The molecule has 3 N–H and O–H groups in total. The largest absolute Gasteiger partial charge is 0.506 e. The molecule has 1 aromatic carbocycles. The van der Waals surface area contributed by atoms with Crippen LogP contribution in [-0.2, 0) is 4.74 Å². The van der Waals surface area contributed by atoms with Crippen molar-refractivity contribution in [2.24, 2.45) is 0 Å². The number of H-pyrrole nitrogens is 1. The Morgan fingerprint density at radius 3 is 2.65 bits per heavy atom. The predicted octanol–water partition coefficient (Wildman–Crippen LogP) is 3.13. The standard InChI is InChI=1S/C14H17N3O3/c1-14(2,3)20-13(19)17-11-5-4-9(6-12(11)18)10-7-15-16-8-10/h4-8,18H,1-3H3,(H,15,16)(H,17,19). The van der Waals surface area contributed by atoms with Crippen molar-refractivity contribution in [3.05, 3.63) is 30.6 Å². The molecule has 0 spiro atoms. The number of hydrogen-bond donors (Lipinski definition) is 3. The number of carbonyl (C=O) groups excluding carboxylic acids is 1. The molecule has 1 amide bonds. The smallest absolute Gasteiger partial charge is 0.412 e. The summed E-state index contributed by atoms with van der Waals surface area (Å²) < 4.78 is 5.12. The van der Waals surface area contributed by atoms with Gasteiger partial charge < -0.3 is 9.84 Å². The van der Waals surface area contributed by atoms with E-state index in [2.05, 4.69) is 15.5 Å². The van der Waals surface area contributed by atoms with Gasteiger partial charge in [0.05, 0.1) is 11.9 Å². The second-order valence-electron chi connectivity index (χ2n) is 5.35. The van der Waals surface area contributed by atoms with Gasteiger partial charge in [-0.25, -0.2) is 4.79 Å². The van der Waals surface area contributed by atoms with Gasteiger partial charge >= 0.3 is 6.09 Å². The number of benzene rings is 1. The summed E-state index contributed by atoms with van der Waals surface area (Å²) in [6.07, 6.45) is 2.76.